The third-order valence-corrected chi connectivity index (χ3v) is 0.197. The number of allylic oxidation sites excluding steroid dienone is 1. The van der Waals surface area contributed by atoms with Crippen LogP contribution in [0.2, 0.25) is 0 Å². The van der Waals surface area contributed by atoms with Gasteiger partial charge in [-0.1, -0.05) is 0 Å². The van der Waals surface area contributed by atoms with Gasteiger partial charge in [0.15, 0.2) is 0 Å². The molecule has 0 heterocycles. The molecule has 0 spiro atoms. The fourth-order valence-corrected chi connectivity index (χ4v) is 0.0609. The number of hydrogen-bond acceptors (Lipinski definition) is 2. The van der Waals surface area contributed by atoms with Crippen molar-refractivity contribution in [2.75, 3.05) is 0 Å². The highest BCUT2D eigenvalue weighted by Gasteiger charge is 1.49. The van der Waals surface area contributed by atoms with Crippen molar-refractivity contribution in [3.8, 4) is 0 Å². The number of hydrogen-bond donors (Lipinski definition) is 1. The molecule has 0 amide bonds. The van der Waals surface area contributed by atoms with Gasteiger partial charge in [-0.25, -0.2) is 5.26 Å². The lowest BCUT2D eigenvalue weighted by Gasteiger charge is -1.73. The normalized spacial score (nSPS) is 9.20. The summed E-state index contributed by atoms with van der Waals surface area (Å²) in [6, 6.07) is 0. The Balaban J connectivity index is 2.62. The van der Waals surface area contributed by atoms with Gasteiger partial charge in [0.25, 0.3) is 0 Å². The predicted molar refractivity (Wildman–Crippen MR) is 18.5 cm³/mol. The van der Waals surface area contributed by atoms with Crippen molar-refractivity contribution in [1.29, 1.82) is 0 Å². The van der Waals surface area contributed by atoms with Gasteiger partial charge in [-0.3, -0.25) is 0 Å². The molecule has 30 valence electrons. The van der Waals surface area contributed by atoms with Gasteiger partial charge in [0, 0.05) is 0 Å². The molecule has 0 saturated carbocycles. The lowest BCUT2D eigenvalue weighted by atomic mass is 9.96. The van der Waals surface area contributed by atoms with E-state index in [1.807, 2.05) is 0 Å². The van der Waals surface area contributed by atoms with E-state index in [4.69, 9.17) is 5.26 Å². The molecule has 0 aromatic rings. The molecule has 5 heavy (non-hydrogen) atoms. The van der Waals surface area contributed by atoms with E-state index < -0.39 is 0 Å². The zero-order valence-corrected chi connectivity index (χ0v) is 3.01. The Labute approximate surface area is 30.6 Å². The van der Waals surface area contributed by atoms with Gasteiger partial charge in [0.2, 0.25) is 0 Å². The Kier molecular flexibility index (Phi) is 3.15. The first-order valence-corrected chi connectivity index (χ1v) is 1.33. The average molecular weight is 72.1 g/mol. The van der Waals surface area contributed by atoms with Crippen molar-refractivity contribution in [2.24, 2.45) is 0 Å². The van der Waals surface area contributed by atoms with Gasteiger partial charge >= 0.3 is 0 Å². The molecule has 0 aromatic heterocycles. The molecule has 0 aromatic carbocycles. The molecule has 2 heteroatoms. The van der Waals surface area contributed by atoms with Crippen LogP contribution in [0, 0.1) is 0 Å². The Morgan fingerprint density at radius 2 is 2.40 bits per heavy atom. The van der Waals surface area contributed by atoms with Crippen LogP contribution in [0.4, 0.5) is 0 Å². The standard InChI is InChI=1S/C3H6O2/c1-2-3-5-4/h2-4H,1H3/b3-2+/i2-1,3-1. The minimum atomic E-state index is 1.18. The lowest BCUT2D eigenvalue weighted by molar-refractivity contribution is -0.186. The van der Waals surface area contributed by atoms with Crippen LogP contribution in [0.15, 0.2) is 12.3 Å². The van der Waals surface area contributed by atoms with E-state index in [0.29, 0.717) is 0 Å². The summed E-state index contributed by atoms with van der Waals surface area (Å²) in [5, 5.41) is 7.48. The van der Waals surface area contributed by atoms with E-state index in [9.17, 15) is 0 Å². The second-order valence-electron chi connectivity index (χ2n) is 0.575. The van der Waals surface area contributed by atoms with Crippen molar-refractivity contribution in [3.05, 3.63) is 12.3 Å². The minimum Gasteiger partial charge on any atom is -0.349 e. The molecule has 0 rings (SSSR count). The largest absolute Gasteiger partial charge is 0.349 e. The zero-order valence-electron chi connectivity index (χ0n) is 3.01. The Morgan fingerprint density at radius 1 is 1.80 bits per heavy atom. The second kappa shape index (κ2) is 3.50. The third-order valence-electron chi connectivity index (χ3n) is 0.197. The molecule has 0 atom stereocenters. The van der Waals surface area contributed by atoms with Crippen LogP contribution < -0.4 is 0 Å². The fourth-order valence-electron chi connectivity index (χ4n) is 0.0609. The molecule has 2 nitrogen and oxygen atoms in total. The van der Waals surface area contributed by atoms with E-state index in [1.54, 1.807) is 13.0 Å². The van der Waals surface area contributed by atoms with E-state index >= 15 is 0 Å². The summed E-state index contributed by atoms with van der Waals surface area (Å²) < 4.78 is 0. The van der Waals surface area contributed by atoms with Crippen LogP contribution in [0.5, 0.6) is 0 Å². The van der Waals surface area contributed by atoms with Crippen molar-refractivity contribution in [3.63, 3.8) is 0 Å². The highest BCUT2D eigenvalue weighted by atomic mass is 17.1. The molecule has 1 N–H and O–H groups in total. The maximum absolute atomic E-state index is 7.48. The monoisotopic (exact) mass is 72.1 g/mol. The topological polar surface area (TPSA) is 29.5 Å². The zero-order chi connectivity index (χ0) is 4.12. The summed E-state index contributed by atoms with van der Waals surface area (Å²) in [5.74, 6) is 0. The van der Waals surface area contributed by atoms with Crippen molar-refractivity contribution >= 4 is 0 Å². The quantitative estimate of drug-likeness (QED) is 0.284. The van der Waals surface area contributed by atoms with Gasteiger partial charge in [-0.15, -0.1) is 0 Å². The first-order valence-electron chi connectivity index (χ1n) is 1.33. The molecule has 0 aliphatic carbocycles. The average Bonchev–Trinajstić information content (AvgIpc) is 1.41. The molecule has 0 bridgehead atoms. The molecule has 0 unspecified atom stereocenters. The van der Waals surface area contributed by atoms with E-state index in [0.717, 1.165) is 0 Å². The molecular formula is C3H6O2. The predicted octanol–water partition coefficient (Wildman–Crippen LogP) is 1.01. The molecule has 0 fully saturated rings. The van der Waals surface area contributed by atoms with Gasteiger partial charge in [0.1, 0.15) is 6.26 Å². The van der Waals surface area contributed by atoms with Crippen LogP contribution in [0.25, 0.3) is 0 Å². The van der Waals surface area contributed by atoms with Crippen molar-refractivity contribution in [2.45, 2.75) is 6.92 Å². The smallest absolute Gasteiger partial charge is 0.125 e. The van der Waals surface area contributed by atoms with Gasteiger partial charge in [0.05, 0.1) is 0 Å². The maximum Gasteiger partial charge on any atom is 0.125 e. The maximum atomic E-state index is 7.48. The molecule has 0 aliphatic rings. The number of rotatable bonds is 1. The summed E-state index contributed by atoms with van der Waals surface area (Å²) in [5.41, 5.74) is 0. The van der Waals surface area contributed by atoms with Crippen molar-refractivity contribution < 1.29 is 10.1 Å². The van der Waals surface area contributed by atoms with Gasteiger partial charge in [-0.2, -0.15) is 0 Å². The Morgan fingerprint density at radius 3 is 2.40 bits per heavy atom. The molecule has 0 radical (unpaired) electrons. The van der Waals surface area contributed by atoms with E-state index in [1.165, 1.54) is 6.26 Å². The highest BCUT2D eigenvalue weighted by molar-refractivity contribution is 4.62. The third kappa shape index (κ3) is 3.50. The Bertz CT molecular complexity index is 31.9. The van der Waals surface area contributed by atoms with Crippen molar-refractivity contribution in [1.82, 2.24) is 0 Å². The van der Waals surface area contributed by atoms with Crippen LogP contribution >= 0.6 is 0 Å². The van der Waals surface area contributed by atoms with Crippen LogP contribution in [0.1, 0.15) is 6.92 Å². The first kappa shape index (κ1) is 4.50. The summed E-state index contributed by atoms with van der Waals surface area (Å²) in [4.78, 5) is 3.51. The minimum absolute atomic E-state index is 1.18. The summed E-state index contributed by atoms with van der Waals surface area (Å²) in [6.45, 7) is 1.75. The SMILES string of the molecule is C/[11CH]=[11CH]/OO. The summed E-state index contributed by atoms with van der Waals surface area (Å²) in [7, 11) is 0. The molecule has 0 saturated heterocycles. The highest BCUT2D eigenvalue weighted by Crippen LogP contribution is 1.63. The van der Waals surface area contributed by atoms with Crippen LogP contribution in [-0.4, -0.2) is 5.26 Å². The van der Waals surface area contributed by atoms with Gasteiger partial charge in [-0.05, 0) is 13.0 Å². The fraction of sp³-hybridized carbons (Fsp3) is 0.333. The summed E-state index contributed by atoms with van der Waals surface area (Å²) >= 11 is 0. The Hall–Kier alpha value is -0.500. The van der Waals surface area contributed by atoms with Crippen LogP contribution in [0.3, 0.4) is 0 Å². The first-order chi connectivity index (χ1) is 2.41. The molecule has 0 aliphatic heterocycles. The van der Waals surface area contributed by atoms with Gasteiger partial charge < -0.3 is 4.89 Å². The second-order valence-corrected chi connectivity index (χ2v) is 0.575. The van der Waals surface area contributed by atoms with Crippen LogP contribution in [-0.2, 0) is 4.89 Å². The lowest BCUT2D eigenvalue weighted by Crippen LogP contribution is -1.59. The molecular weight excluding hydrogens is 66.0 g/mol. The van der Waals surface area contributed by atoms with E-state index in [-0.39, 0.29) is 0 Å². The van der Waals surface area contributed by atoms with E-state index in [2.05, 4.69) is 4.89 Å². The summed E-state index contributed by atoms with van der Waals surface area (Å²) in [6.07, 6.45) is 2.76.